The Morgan fingerprint density at radius 1 is 1.41 bits per heavy atom. The van der Waals surface area contributed by atoms with E-state index in [2.05, 4.69) is 5.43 Å². The molecule has 0 saturated heterocycles. The van der Waals surface area contributed by atoms with Gasteiger partial charge in [-0.1, -0.05) is 11.6 Å². The topological polar surface area (TPSA) is 38.0 Å². The number of nitrogens with two attached hydrogens (primary N) is 1. The molecule has 0 spiro atoms. The van der Waals surface area contributed by atoms with E-state index in [-0.39, 0.29) is 11.9 Å². The van der Waals surface area contributed by atoms with E-state index >= 15 is 0 Å². The minimum atomic E-state index is -0.287. The molecule has 0 saturated carbocycles. The standard InChI is InChI=1S/C12H12ClFN2S/c13-11-2-1-10(14)5-9(11)6-12(16-15)8-3-4-17-7-8/h1-5,7,12,16H,6,15H2. The molecule has 0 fully saturated rings. The maximum atomic E-state index is 13.1. The summed E-state index contributed by atoms with van der Waals surface area (Å²) >= 11 is 7.62. The van der Waals surface area contributed by atoms with Crippen molar-refractivity contribution in [2.45, 2.75) is 12.5 Å². The molecular weight excluding hydrogens is 259 g/mol. The average molecular weight is 271 g/mol. The van der Waals surface area contributed by atoms with Gasteiger partial charge in [0.25, 0.3) is 0 Å². The third-order valence-electron chi connectivity index (χ3n) is 2.58. The number of hydrogen-bond donors (Lipinski definition) is 2. The fourth-order valence-corrected chi connectivity index (χ4v) is 2.57. The molecule has 0 amide bonds. The molecule has 0 radical (unpaired) electrons. The molecule has 2 rings (SSSR count). The summed E-state index contributed by atoms with van der Waals surface area (Å²) in [6.45, 7) is 0. The first-order valence-electron chi connectivity index (χ1n) is 5.13. The van der Waals surface area contributed by atoms with Gasteiger partial charge in [0, 0.05) is 5.02 Å². The minimum absolute atomic E-state index is 0.0550. The monoisotopic (exact) mass is 270 g/mol. The molecule has 1 atom stereocenters. The summed E-state index contributed by atoms with van der Waals surface area (Å²) in [5.74, 6) is 5.23. The molecule has 0 aliphatic heterocycles. The van der Waals surface area contributed by atoms with Gasteiger partial charge in [-0.05, 0) is 52.6 Å². The highest BCUT2D eigenvalue weighted by molar-refractivity contribution is 7.07. The lowest BCUT2D eigenvalue weighted by Crippen LogP contribution is -2.29. The lowest BCUT2D eigenvalue weighted by Gasteiger charge is -2.15. The molecule has 1 unspecified atom stereocenters. The summed E-state index contributed by atoms with van der Waals surface area (Å²) in [4.78, 5) is 0. The molecule has 1 aromatic carbocycles. The predicted octanol–water partition coefficient (Wildman–Crippen LogP) is 3.29. The third kappa shape index (κ3) is 3.04. The van der Waals surface area contributed by atoms with E-state index < -0.39 is 0 Å². The van der Waals surface area contributed by atoms with Gasteiger partial charge < -0.3 is 0 Å². The molecule has 0 bridgehead atoms. The quantitative estimate of drug-likeness (QED) is 0.661. The molecule has 0 aliphatic rings. The largest absolute Gasteiger partial charge is 0.271 e. The normalized spacial score (nSPS) is 12.6. The fraction of sp³-hybridized carbons (Fsp3) is 0.167. The summed E-state index contributed by atoms with van der Waals surface area (Å²) in [6, 6.07) is 6.29. The molecule has 5 heteroatoms. The molecule has 1 heterocycles. The first-order chi connectivity index (χ1) is 8.20. The number of rotatable bonds is 4. The first-order valence-corrected chi connectivity index (χ1v) is 6.45. The zero-order valence-corrected chi connectivity index (χ0v) is 10.6. The van der Waals surface area contributed by atoms with Gasteiger partial charge in [0.05, 0.1) is 6.04 Å². The van der Waals surface area contributed by atoms with Crippen molar-refractivity contribution in [1.29, 1.82) is 0 Å². The molecule has 90 valence electrons. The van der Waals surface area contributed by atoms with E-state index in [9.17, 15) is 4.39 Å². The molecule has 0 aliphatic carbocycles. The lowest BCUT2D eigenvalue weighted by molar-refractivity contribution is 0.550. The molecule has 17 heavy (non-hydrogen) atoms. The van der Waals surface area contributed by atoms with E-state index in [0.29, 0.717) is 11.4 Å². The fourth-order valence-electron chi connectivity index (χ4n) is 1.67. The van der Waals surface area contributed by atoms with Crippen molar-refractivity contribution in [3.8, 4) is 0 Å². The van der Waals surface area contributed by atoms with Crippen LogP contribution in [0.1, 0.15) is 17.2 Å². The highest BCUT2D eigenvalue weighted by Crippen LogP contribution is 2.25. The summed E-state index contributed by atoms with van der Waals surface area (Å²) < 4.78 is 13.1. The van der Waals surface area contributed by atoms with Gasteiger partial charge in [0.1, 0.15) is 5.82 Å². The maximum absolute atomic E-state index is 13.1. The number of thiophene rings is 1. The third-order valence-corrected chi connectivity index (χ3v) is 3.65. The van der Waals surface area contributed by atoms with Gasteiger partial charge in [-0.25, -0.2) is 4.39 Å². The van der Waals surface area contributed by atoms with Crippen LogP contribution in [-0.2, 0) is 6.42 Å². The molecule has 2 nitrogen and oxygen atoms in total. The van der Waals surface area contributed by atoms with Crippen molar-refractivity contribution in [3.63, 3.8) is 0 Å². The van der Waals surface area contributed by atoms with Crippen LogP contribution in [0.3, 0.4) is 0 Å². The van der Waals surface area contributed by atoms with E-state index in [4.69, 9.17) is 17.4 Å². The van der Waals surface area contributed by atoms with Gasteiger partial charge in [-0.3, -0.25) is 11.3 Å². The average Bonchev–Trinajstić information content (AvgIpc) is 2.84. The number of halogens is 2. The number of hydrazine groups is 1. The summed E-state index contributed by atoms with van der Waals surface area (Å²) in [5, 5.41) is 4.55. The van der Waals surface area contributed by atoms with Crippen LogP contribution in [0, 0.1) is 5.82 Å². The number of hydrogen-bond acceptors (Lipinski definition) is 3. The van der Waals surface area contributed by atoms with Gasteiger partial charge in [0.2, 0.25) is 0 Å². The van der Waals surface area contributed by atoms with Crippen molar-refractivity contribution in [2.24, 2.45) is 5.84 Å². The van der Waals surface area contributed by atoms with Gasteiger partial charge in [-0.2, -0.15) is 11.3 Å². The summed E-state index contributed by atoms with van der Waals surface area (Å²) in [5.41, 5.74) is 4.56. The van der Waals surface area contributed by atoms with E-state index in [0.717, 1.165) is 11.1 Å². The summed E-state index contributed by atoms with van der Waals surface area (Å²) in [7, 11) is 0. The van der Waals surface area contributed by atoms with Gasteiger partial charge in [-0.15, -0.1) is 0 Å². The maximum Gasteiger partial charge on any atom is 0.123 e. The van der Waals surface area contributed by atoms with Crippen LogP contribution in [0.4, 0.5) is 4.39 Å². The van der Waals surface area contributed by atoms with Crippen LogP contribution in [0.25, 0.3) is 0 Å². The van der Waals surface area contributed by atoms with Crippen LogP contribution in [0.2, 0.25) is 5.02 Å². The molecule has 3 N–H and O–H groups in total. The Hall–Kier alpha value is -0.940. The number of benzene rings is 1. The smallest absolute Gasteiger partial charge is 0.123 e. The van der Waals surface area contributed by atoms with E-state index in [1.54, 1.807) is 17.4 Å². The van der Waals surface area contributed by atoms with Crippen LogP contribution >= 0.6 is 22.9 Å². The zero-order chi connectivity index (χ0) is 12.3. The second-order valence-electron chi connectivity index (χ2n) is 3.72. The Labute approximate surface area is 108 Å². The Morgan fingerprint density at radius 3 is 2.88 bits per heavy atom. The Morgan fingerprint density at radius 2 is 2.24 bits per heavy atom. The SMILES string of the molecule is NNC(Cc1cc(F)ccc1Cl)c1ccsc1. The van der Waals surface area contributed by atoms with E-state index in [1.165, 1.54) is 12.1 Å². The highest BCUT2D eigenvalue weighted by atomic mass is 35.5. The summed E-state index contributed by atoms with van der Waals surface area (Å²) in [6.07, 6.45) is 0.559. The zero-order valence-electron chi connectivity index (χ0n) is 8.99. The van der Waals surface area contributed by atoms with E-state index in [1.807, 2.05) is 16.8 Å². The number of nitrogens with one attached hydrogen (secondary N) is 1. The van der Waals surface area contributed by atoms with Crippen LogP contribution in [0.5, 0.6) is 0 Å². The van der Waals surface area contributed by atoms with Crippen molar-refractivity contribution in [3.05, 3.63) is 57.0 Å². The van der Waals surface area contributed by atoms with Gasteiger partial charge >= 0.3 is 0 Å². The van der Waals surface area contributed by atoms with Crippen molar-refractivity contribution in [1.82, 2.24) is 5.43 Å². The van der Waals surface area contributed by atoms with Crippen molar-refractivity contribution in [2.75, 3.05) is 0 Å². The van der Waals surface area contributed by atoms with Crippen LogP contribution < -0.4 is 11.3 Å². The molecular formula is C12H12ClFN2S. The Kier molecular flexibility index (Phi) is 4.12. The van der Waals surface area contributed by atoms with Crippen LogP contribution in [0.15, 0.2) is 35.0 Å². The van der Waals surface area contributed by atoms with Crippen molar-refractivity contribution >= 4 is 22.9 Å². The van der Waals surface area contributed by atoms with Gasteiger partial charge in [0.15, 0.2) is 0 Å². The van der Waals surface area contributed by atoms with Crippen LogP contribution in [-0.4, -0.2) is 0 Å². The second kappa shape index (κ2) is 5.60. The Balaban J connectivity index is 2.21. The molecule has 2 aromatic rings. The second-order valence-corrected chi connectivity index (χ2v) is 4.90. The first kappa shape index (κ1) is 12.5. The highest BCUT2D eigenvalue weighted by Gasteiger charge is 2.13. The Bertz CT molecular complexity index is 487. The molecule has 1 aromatic heterocycles. The lowest BCUT2D eigenvalue weighted by atomic mass is 10.0. The minimum Gasteiger partial charge on any atom is -0.271 e. The van der Waals surface area contributed by atoms with Crippen molar-refractivity contribution < 1.29 is 4.39 Å². The predicted molar refractivity (Wildman–Crippen MR) is 69.5 cm³/mol.